The van der Waals surface area contributed by atoms with Crippen molar-refractivity contribution >= 4 is 0 Å². The predicted molar refractivity (Wildman–Crippen MR) is 71.0 cm³/mol. The Hall–Kier alpha value is -1.06. The van der Waals surface area contributed by atoms with Gasteiger partial charge in [0.25, 0.3) is 0 Å². The van der Waals surface area contributed by atoms with Crippen LogP contribution in [0.4, 0.5) is 0 Å². The Morgan fingerprint density at radius 3 is 3.06 bits per heavy atom. The second kappa shape index (κ2) is 4.25. The van der Waals surface area contributed by atoms with Gasteiger partial charge in [0.15, 0.2) is 0 Å². The Morgan fingerprint density at radius 1 is 1.50 bits per heavy atom. The van der Waals surface area contributed by atoms with Crippen molar-refractivity contribution in [2.45, 2.75) is 44.4 Å². The summed E-state index contributed by atoms with van der Waals surface area (Å²) in [4.78, 5) is 0. The third-order valence-corrected chi connectivity index (χ3v) is 4.36. The fraction of sp³-hybridized carbons (Fsp3) is 0.600. The van der Waals surface area contributed by atoms with Crippen LogP contribution in [0.2, 0.25) is 0 Å². The maximum absolute atomic E-state index is 6.35. The van der Waals surface area contributed by atoms with E-state index in [1.807, 2.05) is 6.07 Å². The molecule has 1 aliphatic heterocycles. The van der Waals surface area contributed by atoms with Gasteiger partial charge in [-0.25, -0.2) is 0 Å². The van der Waals surface area contributed by atoms with Crippen LogP contribution in [-0.4, -0.2) is 25.3 Å². The minimum Gasteiger partial charge on any atom is -0.497 e. The summed E-state index contributed by atoms with van der Waals surface area (Å²) < 4.78 is 11.7. The number of hydrogen-bond acceptors (Lipinski definition) is 3. The first-order valence-electron chi connectivity index (χ1n) is 6.73. The number of methoxy groups -OCH3 is 1. The standard InChI is InChI=1S/C15H21NO2/c1-4-15(2)9-16-13-7-10-5-6-11(17-3)8-12(10)14(13)18-15/h5-6,8,13-14,16H,4,7,9H2,1-3H3. The van der Waals surface area contributed by atoms with E-state index in [0.717, 1.165) is 25.1 Å². The fourth-order valence-electron chi connectivity index (χ4n) is 2.94. The van der Waals surface area contributed by atoms with Crippen molar-refractivity contribution in [1.82, 2.24) is 5.32 Å². The summed E-state index contributed by atoms with van der Waals surface area (Å²) in [7, 11) is 1.71. The predicted octanol–water partition coefficient (Wildman–Crippen LogP) is 2.45. The lowest BCUT2D eigenvalue weighted by molar-refractivity contribution is -0.124. The molecule has 98 valence electrons. The molecule has 1 saturated heterocycles. The first-order valence-corrected chi connectivity index (χ1v) is 6.73. The maximum atomic E-state index is 6.35. The molecule has 18 heavy (non-hydrogen) atoms. The average molecular weight is 247 g/mol. The molecule has 3 nitrogen and oxygen atoms in total. The van der Waals surface area contributed by atoms with Gasteiger partial charge in [0, 0.05) is 12.6 Å². The third kappa shape index (κ3) is 1.82. The van der Waals surface area contributed by atoms with Gasteiger partial charge in [0.1, 0.15) is 5.75 Å². The molecule has 3 heteroatoms. The first-order chi connectivity index (χ1) is 8.65. The molecule has 0 aromatic heterocycles. The van der Waals surface area contributed by atoms with Crippen molar-refractivity contribution in [2.75, 3.05) is 13.7 Å². The zero-order valence-electron chi connectivity index (χ0n) is 11.3. The minimum absolute atomic E-state index is 0.0497. The van der Waals surface area contributed by atoms with E-state index in [1.165, 1.54) is 11.1 Å². The van der Waals surface area contributed by atoms with Crippen molar-refractivity contribution in [1.29, 1.82) is 0 Å². The Bertz CT molecular complexity index is 460. The SMILES string of the molecule is CCC1(C)CNC2Cc3ccc(OC)cc3C2O1. The maximum Gasteiger partial charge on any atom is 0.119 e. The van der Waals surface area contributed by atoms with E-state index in [1.54, 1.807) is 7.11 Å². The normalized spacial score (nSPS) is 33.9. The van der Waals surface area contributed by atoms with Crippen LogP contribution in [0, 0.1) is 0 Å². The number of ether oxygens (including phenoxy) is 2. The Kier molecular flexibility index (Phi) is 2.83. The summed E-state index contributed by atoms with van der Waals surface area (Å²) >= 11 is 0. The molecule has 0 amide bonds. The van der Waals surface area contributed by atoms with Gasteiger partial charge in [-0.15, -0.1) is 0 Å². The van der Waals surface area contributed by atoms with Crippen LogP contribution in [0.5, 0.6) is 5.75 Å². The quantitative estimate of drug-likeness (QED) is 0.870. The van der Waals surface area contributed by atoms with E-state index >= 15 is 0 Å². The van der Waals surface area contributed by atoms with Crippen LogP contribution in [0.15, 0.2) is 18.2 Å². The molecular weight excluding hydrogens is 226 g/mol. The highest BCUT2D eigenvalue weighted by Gasteiger charge is 2.42. The third-order valence-electron chi connectivity index (χ3n) is 4.36. The average Bonchev–Trinajstić information content (AvgIpc) is 2.75. The number of rotatable bonds is 2. The van der Waals surface area contributed by atoms with Crippen molar-refractivity contribution < 1.29 is 9.47 Å². The van der Waals surface area contributed by atoms with Gasteiger partial charge in [-0.2, -0.15) is 0 Å². The van der Waals surface area contributed by atoms with Gasteiger partial charge in [-0.1, -0.05) is 13.0 Å². The monoisotopic (exact) mass is 247 g/mol. The van der Waals surface area contributed by atoms with E-state index in [-0.39, 0.29) is 11.7 Å². The van der Waals surface area contributed by atoms with Gasteiger partial charge in [-0.3, -0.25) is 0 Å². The van der Waals surface area contributed by atoms with Crippen LogP contribution < -0.4 is 10.1 Å². The van der Waals surface area contributed by atoms with E-state index in [2.05, 4.69) is 31.3 Å². The zero-order chi connectivity index (χ0) is 12.8. The Morgan fingerprint density at radius 2 is 2.33 bits per heavy atom. The summed E-state index contributed by atoms with van der Waals surface area (Å²) in [6.45, 7) is 5.31. The highest BCUT2D eigenvalue weighted by atomic mass is 16.5. The lowest BCUT2D eigenvalue weighted by Gasteiger charge is -2.41. The topological polar surface area (TPSA) is 30.5 Å². The summed E-state index contributed by atoms with van der Waals surface area (Å²) in [5, 5.41) is 3.64. The molecule has 1 aromatic rings. The van der Waals surface area contributed by atoms with Crippen molar-refractivity contribution in [3.05, 3.63) is 29.3 Å². The molecule has 1 aromatic carbocycles. The number of nitrogens with one attached hydrogen (secondary N) is 1. The van der Waals surface area contributed by atoms with E-state index in [0.29, 0.717) is 6.04 Å². The molecule has 1 N–H and O–H groups in total. The Balaban J connectivity index is 1.93. The molecule has 0 spiro atoms. The van der Waals surface area contributed by atoms with Gasteiger partial charge < -0.3 is 14.8 Å². The van der Waals surface area contributed by atoms with Gasteiger partial charge in [0.05, 0.1) is 18.8 Å². The van der Waals surface area contributed by atoms with Gasteiger partial charge >= 0.3 is 0 Å². The van der Waals surface area contributed by atoms with Gasteiger partial charge in [-0.05, 0) is 43.0 Å². The number of hydrogen-bond donors (Lipinski definition) is 1. The fourth-order valence-corrected chi connectivity index (χ4v) is 2.94. The van der Waals surface area contributed by atoms with E-state index in [4.69, 9.17) is 9.47 Å². The number of benzene rings is 1. The lowest BCUT2D eigenvalue weighted by Crippen LogP contribution is -2.52. The number of fused-ring (bicyclic) bond motifs is 3. The van der Waals surface area contributed by atoms with Gasteiger partial charge in [0.2, 0.25) is 0 Å². The molecule has 0 saturated carbocycles. The summed E-state index contributed by atoms with van der Waals surface area (Å²) in [5.74, 6) is 0.918. The van der Waals surface area contributed by atoms with Crippen LogP contribution in [-0.2, 0) is 11.2 Å². The molecule has 3 unspecified atom stereocenters. The smallest absolute Gasteiger partial charge is 0.119 e. The summed E-state index contributed by atoms with van der Waals surface area (Å²) in [6, 6.07) is 6.76. The summed E-state index contributed by atoms with van der Waals surface area (Å²) in [6.07, 6.45) is 2.26. The highest BCUT2D eigenvalue weighted by molar-refractivity contribution is 5.42. The van der Waals surface area contributed by atoms with Crippen molar-refractivity contribution in [3.8, 4) is 5.75 Å². The molecular formula is C15H21NO2. The molecule has 0 radical (unpaired) electrons. The van der Waals surface area contributed by atoms with E-state index < -0.39 is 0 Å². The molecule has 1 fully saturated rings. The zero-order valence-corrected chi connectivity index (χ0v) is 11.3. The molecule has 1 heterocycles. The first kappa shape index (κ1) is 12.0. The molecule has 3 rings (SSSR count). The van der Waals surface area contributed by atoms with Crippen LogP contribution >= 0.6 is 0 Å². The minimum atomic E-state index is -0.0497. The second-order valence-electron chi connectivity index (χ2n) is 5.60. The highest BCUT2D eigenvalue weighted by Crippen LogP contribution is 2.41. The lowest BCUT2D eigenvalue weighted by atomic mass is 9.97. The molecule has 2 aliphatic rings. The largest absolute Gasteiger partial charge is 0.497 e. The van der Waals surface area contributed by atoms with E-state index in [9.17, 15) is 0 Å². The second-order valence-corrected chi connectivity index (χ2v) is 5.60. The molecule has 0 bridgehead atoms. The molecule has 3 atom stereocenters. The van der Waals surface area contributed by atoms with Crippen LogP contribution in [0.25, 0.3) is 0 Å². The van der Waals surface area contributed by atoms with Crippen LogP contribution in [0.3, 0.4) is 0 Å². The van der Waals surface area contributed by atoms with Crippen molar-refractivity contribution in [2.24, 2.45) is 0 Å². The number of morpholine rings is 1. The Labute approximate surface area is 108 Å². The van der Waals surface area contributed by atoms with Crippen molar-refractivity contribution in [3.63, 3.8) is 0 Å². The molecule has 1 aliphatic carbocycles. The van der Waals surface area contributed by atoms with Crippen LogP contribution in [0.1, 0.15) is 37.5 Å². The summed E-state index contributed by atoms with van der Waals surface area (Å²) in [5.41, 5.74) is 2.64.